The molecule has 1 aliphatic heterocycles. The van der Waals surface area contributed by atoms with Crippen molar-refractivity contribution in [3.05, 3.63) is 70.2 Å². The summed E-state index contributed by atoms with van der Waals surface area (Å²) in [5.74, 6) is 0. The average Bonchev–Trinajstić information content (AvgIpc) is 2.39. The molecular weight excluding hydrogens is 232 g/mol. The Morgan fingerprint density at radius 3 is 2.59 bits per heavy atom. The van der Waals surface area contributed by atoms with Crippen LogP contribution in [0.15, 0.2) is 48.5 Å². The van der Waals surface area contributed by atoms with E-state index in [4.69, 9.17) is 16.3 Å². The predicted octanol–water partition coefficient (Wildman–Crippen LogP) is 4.00. The Morgan fingerprint density at radius 1 is 1.00 bits per heavy atom. The average molecular weight is 245 g/mol. The van der Waals surface area contributed by atoms with E-state index < -0.39 is 0 Å². The Bertz CT molecular complexity index is 519. The van der Waals surface area contributed by atoms with Crippen LogP contribution in [0.3, 0.4) is 0 Å². The number of hydrogen-bond donors (Lipinski definition) is 0. The van der Waals surface area contributed by atoms with Crippen LogP contribution in [0.4, 0.5) is 0 Å². The summed E-state index contributed by atoms with van der Waals surface area (Å²) in [7, 11) is 0. The highest BCUT2D eigenvalue weighted by Gasteiger charge is 2.21. The lowest BCUT2D eigenvalue weighted by Gasteiger charge is -2.26. The zero-order chi connectivity index (χ0) is 11.7. The van der Waals surface area contributed by atoms with E-state index in [-0.39, 0.29) is 6.10 Å². The molecule has 0 radical (unpaired) electrons. The molecule has 0 aromatic heterocycles. The summed E-state index contributed by atoms with van der Waals surface area (Å²) in [5.41, 5.74) is 3.83. The zero-order valence-electron chi connectivity index (χ0n) is 9.40. The normalized spacial score (nSPS) is 18.8. The van der Waals surface area contributed by atoms with Crippen LogP contribution >= 0.6 is 11.6 Å². The van der Waals surface area contributed by atoms with Crippen molar-refractivity contribution < 1.29 is 4.74 Å². The number of halogens is 1. The zero-order valence-corrected chi connectivity index (χ0v) is 10.2. The first-order valence-corrected chi connectivity index (χ1v) is 6.17. The fourth-order valence-electron chi connectivity index (χ4n) is 2.31. The molecule has 17 heavy (non-hydrogen) atoms. The van der Waals surface area contributed by atoms with Crippen LogP contribution in [-0.2, 0) is 11.2 Å². The van der Waals surface area contributed by atoms with E-state index >= 15 is 0 Å². The first kappa shape index (κ1) is 10.8. The second-order valence-corrected chi connectivity index (χ2v) is 4.69. The highest BCUT2D eigenvalue weighted by Crippen LogP contribution is 2.32. The van der Waals surface area contributed by atoms with Gasteiger partial charge in [-0.15, -0.1) is 0 Å². The van der Waals surface area contributed by atoms with E-state index in [9.17, 15) is 0 Å². The second kappa shape index (κ2) is 4.52. The van der Waals surface area contributed by atoms with Crippen molar-refractivity contribution in [1.29, 1.82) is 0 Å². The minimum Gasteiger partial charge on any atom is -0.368 e. The fraction of sp³-hybridized carbons (Fsp3) is 0.200. The molecule has 0 saturated heterocycles. The minimum atomic E-state index is 0.0530. The van der Waals surface area contributed by atoms with Crippen molar-refractivity contribution in [2.75, 3.05) is 6.61 Å². The Hall–Kier alpha value is -1.31. The third kappa shape index (κ3) is 2.08. The van der Waals surface area contributed by atoms with Crippen molar-refractivity contribution in [1.82, 2.24) is 0 Å². The van der Waals surface area contributed by atoms with Gasteiger partial charge in [0, 0.05) is 5.02 Å². The van der Waals surface area contributed by atoms with Crippen LogP contribution in [0, 0.1) is 0 Å². The first-order valence-electron chi connectivity index (χ1n) is 5.79. The Morgan fingerprint density at radius 2 is 1.76 bits per heavy atom. The molecule has 0 amide bonds. The van der Waals surface area contributed by atoms with Gasteiger partial charge in [-0.2, -0.15) is 0 Å². The van der Waals surface area contributed by atoms with Crippen molar-refractivity contribution in [3.63, 3.8) is 0 Å². The van der Waals surface area contributed by atoms with Gasteiger partial charge in [-0.1, -0.05) is 48.0 Å². The summed E-state index contributed by atoms with van der Waals surface area (Å²) < 4.78 is 5.89. The molecule has 2 heteroatoms. The van der Waals surface area contributed by atoms with E-state index in [2.05, 4.69) is 24.3 Å². The van der Waals surface area contributed by atoms with Crippen LogP contribution in [0.5, 0.6) is 0 Å². The topological polar surface area (TPSA) is 9.23 Å². The SMILES string of the molecule is Clc1ccc([C@H]2OCCc3ccccc32)cc1. The van der Waals surface area contributed by atoms with Crippen LogP contribution in [0.2, 0.25) is 5.02 Å². The number of fused-ring (bicyclic) bond motifs is 1. The monoisotopic (exact) mass is 244 g/mol. The van der Waals surface area contributed by atoms with Crippen molar-refractivity contribution in [3.8, 4) is 0 Å². The van der Waals surface area contributed by atoms with E-state index in [1.807, 2.05) is 24.3 Å². The largest absolute Gasteiger partial charge is 0.368 e. The molecule has 0 N–H and O–H groups in total. The maximum Gasteiger partial charge on any atom is 0.108 e. The Balaban J connectivity index is 2.03. The maximum atomic E-state index is 5.91. The molecule has 2 aromatic rings. The van der Waals surface area contributed by atoms with Gasteiger partial charge in [0.1, 0.15) is 6.10 Å². The Labute approximate surface area is 106 Å². The van der Waals surface area contributed by atoms with Gasteiger partial charge in [-0.25, -0.2) is 0 Å². The summed E-state index contributed by atoms with van der Waals surface area (Å²) in [5, 5.41) is 0.762. The van der Waals surface area contributed by atoms with E-state index in [1.54, 1.807) is 0 Å². The number of rotatable bonds is 1. The summed E-state index contributed by atoms with van der Waals surface area (Å²) in [6.45, 7) is 0.782. The van der Waals surface area contributed by atoms with Gasteiger partial charge in [0.2, 0.25) is 0 Å². The molecule has 3 rings (SSSR count). The molecule has 0 aliphatic carbocycles. The van der Waals surface area contributed by atoms with Crippen LogP contribution in [-0.4, -0.2) is 6.61 Å². The fourth-order valence-corrected chi connectivity index (χ4v) is 2.43. The lowest BCUT2D eigenvalue weighted by atomic mass is 9.93. The highest BCUT2D eigenvalue weighted by molar-refractivity contribution is 6.30. The summed E-state index contributed by atoms with van der Waals surface area (Å²) in [6, 6.07) is 16.4. The number of benzene rings is 2. The number of ether oxygens (including phenoxy) is 1. The third-order valence-electron chi connectivity index (χ3n) is 3.17. The van der Waals surface area contributed by atoms with Gasteiger partial charge in [0.15, 0.2) is 0 Å². The molecule has 86 valence electrons. The summed E-state index contributed by atoms with van der Waals surface area (Å²) in [6.07, 6.45) is 1.05. The molecule has 0 spiro atoms. The molecule has 0 bridgehead atoms. The molecule has 0 fully saturated rings. The van der Waals surface area contributed by atoms with Gasteiger partial charge >= 0.3 is 0 Å². The van der Waals surface area contributed by atoms with Crippen LogP contribution in [0.1, 0.15) is 22.8 Å². The lowest BCUT2D eigenvalue weighted by molar-refractivity contribution is 0.0698. The summed E-state index contributed by atoms with van der Waals surface area (Å²) in [4.78, 5) is 0. The van der Waals surface area contributed by atoms with Crippen LogP contribution < -0.4 is 0 Å². The molecule has 1 atom stereocenters. The predicted molar refractivity (Wildman–Crippen MR) is 69.4 cm³/mol. The van der Waals surface area contributed by atoms with E-state index in [0.717, 1.165) is 18.1 Å². The lowest BCUT2D eigenvalue weighted by Crippen LogP contribution is -2.17. The molecule has 1 nitrogen and oxygen atoms in total. The van der Waals surface area contributed by atoms with Crippen LogP contribution in [0.25, 0.3) is 0 Å². The maximum absolute atomic E-state index is 5.91. The van der Waals surface area contributed by atoms with Crippen molar-refractivity contribution in [2.24, 2.45) is 0 Å². The van der Waals surface area contributed by atoms with Gasteiger partial charge in [-0.3, -0.25) is 0 Å². The molecule has 1 heterocycles. The van der Waals surface area contributed by atoms with E-state index in [1.165, 1.54) is 16.7 Å². The van der Waals surface area contributed by atoms with Crippen molar-refractivity contribution in [2.45, 2.75) is 12.5 Å². The third-order valence-corrected chi connectivity index (χ3v) is 3.42. The van der Waals surface area contributed by atoms with Crippen molar-refractivity contribution >= 4 is 11.6 Å². The first-order chi connectivity index (χ1) is 8.34. The van der Waals surface area contributed by atoms with E-state index in [0.29, 0.717) is 0 Å². The molecular formula is C15H13ClO. The molecule has 2 aromatic carbocycles. The Kier molecular flexibility index (Phi) is 2.87. The smallest absolute Gasteiger partial charge is 0.108 e. The quantitative estimate of drug-likeness (QED) is 0.737. The standard InChI is InChI=1S/C15H13ClO/c16-13-7-5-12(6-8-13)15-14-4-2-1-3-11(14)9-10-17-15/h1-8,15H,9-10H2/t15-/m1/s1. The van der Waals surface area contributed by atoms with Gasteiger partial charge in [-0.05, 0) is 35.2 Å². The number of hydrogen-bond acceptors (Lipinski definition) is 1. The minimum absolute atomic E-state index is 0.0530. The van der Waals surface area contributed by atoms with Gasteiger partial charge in [0.25, 0.3) is 0 Å². The molecule has 0 unspecified atom stereocenters. The van der Waals surface area contributed by atoms with Gasteiger partial charge in [0.05, 0.1) is 6.61 Å². The summed E-state index contributed by atoms with van der Waals surface area (Å²) >= 11 is 5.91. The highest BCUT2D eigenvalue weighted by atomic mass is 35.5. The van der Waals surface area contributed by atoms with Gasteiger partial charge < -0.3 is 4.74 Å². The molecule has 0 saturated carbocycles. The second-order valence-electron chi connectivity index (χ2n) is 4.25. The molecule has 1 aliphatic rings.